The standard InChI is InChI=1S/C17H21NO4.ClH/c1-18-13-7-11(8-14(18)16-15(13)22-16)21-17(20)12(9-19)10-5-3-2-4-6-10;/h2-6,11-16,19H,7-9H2,1H3;1H/t11?,12?,13-,14+,15+,16-;. The van der Waals surface area contributed by atoms with Crippen LogP contribution in [-0.2, 0) is 14.3 Å². The Labute approximate surface area is 142 Å². The van der Waals surface area contributed by atoms with Crippen LogP contribution in [0.2, 0.25) is 0 Å². The van der Waals surface area contributed by atoms with Crippen molar-refractivity contribution in [2.24, 2.45) is 0 Å². The molecule has 6 heteroatoms. The van der Waals surface area contributed by atoms with Crippen LogP contribution in [0.25, 0.3) is 0 Å². The molecule has 23 heavy (non-hydrogen) atoms. The number of rotatable bonds is 4. The summed E-state index contributed by atoms with van der Waals surface area (Å²) in [5.41, 5.74) is 0.803. The van der Waals surface area contributed by atoms with Gasteiger partial charge in [-0.15, -0.1) is 12.4 Å². The summed E-state index contributed by atoms with van der Waals surface area (Å²) in [6.45, 7) is -0.226. The molecule has 3 aliphatic rings. The summed E-state index contributed by atoms with van der Waals surface area (Å²) in [7, 11) is 2.13. The minimum absolute atomic E-state index is 0. The monoisotopic (exact) mass is 339 g/mol. The predicted molar refractivity (Wildman–Crippen MR) is 86.6 cm³/mol. The van der Waals surface area contributed by atoms with E-state index in [1.807, 2.05) is 30.3 Å². The number of likely N-dealkylation sites (N-methyl/N-ethyl adjacent to an activating group) is 1. The lowest BCUT2D eigenvalue weighted by atomic mass is 9.97. The predicted octanol–water partition coefficient (Wildman–Crippen LogP) is 1.34. The van der Waals surface area contributed by atoms with Gasteiger partial charge in [0.25, 0.3) is 0 Å². The van der Waals surface area contributed by atoms with Gasteiger partial charge in [-0.05, 0) is 12.6 Å². The Hall–Kier alpha value is -1.14. The van der Waals surface area contributed by atoms with Crippen LogP contribution >= 0.6 is 12.4 Å². The molecule has 3 aliphatic heterocycles. The van der Waals surface area contributed by atoms with Crippen LogP contribution in [0.3, 0.4) is 0 Å². The summed E-state index contributed by atoms with van der Waals surface area (Å²) in [6, 6.07) is 10.1. The van der Waals surface area contributed by atoms with Crippen LogP contribution in [-0.4, -0.2) is 60.0 Å². The van der Waals surface area contributed by atoms with Crippen LogP contribution in [0.4, 0.5) is 0 Å². The maximum Gasteiger partial charge on any atom is 0.316 e. The second-order valence-electron chi connectivity index (χ2n) is 6.54. The molecule has 4 rings (SSSR count). The number of piperidine rings is 1. The van der Waals surface area contributed by atoms with Crippen LogP contribution in [0.1, 0.15) is 24.3 Å². The van der Waals surface area contributed by atoms with Crippen molar-refractivity contribution >= 4 is 18.4 Å². The first-order chi connectivity index (χ1) is 10.7. The van der Waals surface area contributed by atoms with E-state index in [1.54, 1.807) is 0 Å². The van der Waals surface area contributed by atoms with Crippen LogP contribution in [0.15, 0.2) is 30.3 Å². The van der Waals surface area contributed by atoms with E-state index in [0.717, 1.165) is 18.4 Å². The van der Waals surface area contributed by atoms with E-state index in [1.165, 1.54) is 0 Å². The molecular weight excluding hydrogens is 318 g/mol. The molecule has 0 spiro atoms. The summed E-state index contributed by atoms with van der Waals surface area (Å²) < 4.78 is 11.4. The van der Waals surface area contributed by atoms with E-state index in [2.05, 4.69) is 11.9 Å². The number of aliphatic hydroxyl groups is 1. The molecule has 3 saturated heterocycles. The lowest BCUT2D eigenvalue weighted by molar-refractivity contribution is -0.156. The average Bonchev–Trinajstić information content (AvgIpc) is 3.27. The molecule has 1 aromatic rings. The number of halogens is 1. The molecule has 3 fully saturated rings. The molecule has 1 aromatic carbocycles. The number of aliphatic hydroxyl groups excluding tert-OH is 1. The first-order valence-corrected chi connectivity index (χ1v) is 7.92. The van der Waals surface area contributed by atoms with E-state index in [4.69, 9.17) is 9.47 Å². The molecule has 6 atom stereocenters. The molecule has 0 aliphatic carbocycles. The minimum atomic E-state index is -0.593. The third-order valence-corrected chi connectivity index (χ3v) is 5.33. The number of esters is 1. The lowest BCUT2D eigenvalue weighted by Gasteiger charge is -2.38. The largest absolute Gasteiger partial charge is 0.462 e. The second kappa shape index (κ2) is 6.40. The highest BCUT2D eigenvalue weighted by Crippen LogP contribution is 2.48. The molecule has 0 radical (unpaired) electrons. The van der Waals surface area contributed by atoms with Gasteiger partial charge in [0.1, 0.15) is 24.2 Å². The van der Waals surface area contributed by atoms with Gasteiger partial charge >= 0.3 is 5.97 Å². The van der Waals surface area contributed by atoms with Crippen molar-refractivity contribution in [3.05, 3.63) is 35.9 Å². The van der Waals surface area contributed by atoms with Gasteiger partial charge in [0, 0.05) is 24.9 Å². The zero-order chi connectivity index (χ0) is 15.3. The summed E-state index contributed by atoms with van der Waals surface area (Å²) >= 11 is 0. The van der Waals surface area contributed by atoms with E-state index < -0.39 is 5.92 Å². The SMILES string of the molecule is CN1[C@@H]2CC(OC(=O)C(CO)c3ccccc3)C[C@H]1[C@H]1O[C@H]12.Cl. The summed E-state index contributed by atoms with van der Waals surface area (Å²) in [6.07, 6.45) is 2.26. The third-order valence-electron chi connectivity index (χ3n) is 5.33. The molecular formula is C17H22ClNO4. The van der Waals surface area contributed by atoms with Gasteiger partial charge < -0.3 is 14.6 Å². The van der Waals surface area contributed by atoms with Gasteiger partial charge in [0.15, 0.2) is 0 Å². The Morgan fingerprint density at radius 1 is 1.30 bits per heavy atom. The number of ether oxygens (including phenoxy) is 2. The number of benzene rings is 1. The number of fused-ring (bicyclic) bond motifs is 5. The molecule has 0 amide bonds. The first-order valence-electron chi connectivity index (χ1n) is 7.92. The van der Waals surface area contributed by atoms with Gasteiger partial charge in [-0.1, -0.05) is 30.3 Å². The number of morpholine rings is 1. The zero-order valence-electron chi connectivity index (χ0n) is 13.0. The highest BCUT2D eigenvalue weighted by molar-refractivity contribution is 5.85. The Kier molecular flexibility index (Phi) is 4.65. The second-order valence-corrected chi connectivity index (χ2v) is 6.54. The molecule has 126 valence electrons. The number of nitrogens with zero attached hydrogens (tertiary/aromatic N) is 1. The van der Waals surface area contributed by atoms with Gasteiger partial charge in [-0.25, -0.2) is 0 Å². The number of carbonyl (C=O) groups is 1. The van der Waals surface area contributed by atoms with E-state index in [-0.39, 0.29) is 31.1 Å². The molecule has 0 aromatic heterocycles. The molecule has 2 unspecified atom stereocenters. The molecule has 2 bridgehead atoms. The molecule has 3 heterocycles. The first kappa shape index (κ1) is 16.7. The number of epoxide rings is 1. The summed E-state index contributed by atoms with van der Waals surface area (Å²) in [5.74, 6) is -0.915. The number of hydrogen-bond acceptors (Lipinski definition) is 5. The van der Waals surface area contributed by atoms with Crippen molar-refractivity contribution in [1.82, 2.24) is 4.90 Å². The average molecular weight is 340 g/mol. The van der Waals surface area contributed by atoms with E-state index in [0.29, 0.717) is 24.3 Å². The van der Waals surface area contributed by atoms with Crippen molar-refractivity contribution in [3.8, 4) is 0 Å². The zero-order valence-corrected chi connectivity index (χ0v) is 13.8. The summed E-state index contributed by atoms with van der Waals surface area (Å²) in [4.78, 5) is 14.8. The molecule has 1 N–H and O–H groups in total. The van der Waals surface area contributed by atoms with Crippen molar-refractivity contribution in [3.63, 3.8) is 0 Å². The number of hydrogen-bond donors (Lipinski definition) is 1. The summed E-state index contributed by atoms with van der Waals surface area (Å²) in [5, 5.41) is 9.56. The molecule has 5 nitrogen and oxygen atoms in total. The van der Waals surface area contributed by atoms with Crippen molar-refractivity contribution < 1.29 is 19.4 Å². The van der Waals surface area contributed by atoms with Gasteiger partial charge in [0.05, 0.1) is 6.61 Å². The van der Waals surface area contributed by atoms with Gasteiger partial charge in [-0.2, -0.15) is 0 Å². The smallest absolute Gasteiger partial charge is 0.316 e. The van der Waals surface area contributed by atoms with Crippen molar-refractivity contribution in [2.75, 3.05) is 13.7 Å². The molecule has 0 saturated carbocycles. The van der Waals surface area contributed by atoms with Crippen LogP contribution in [0, 0.1) is 0 Å². The van der Waals surface area contributed by atoms with Crippen molar-refractivity contribution in [2.45, 2.75) is 49.2 Å². The van der Waals surface area contributed by atoms with E-state index >= 15 is 0 Å². The maximum absolute atomic E-state index is 12.4. The third kappa shape index (κ3) is 2.87. The van der Waals surface area contributed by atoms with E-state index in [9.17, 15) is 9.90 Å². The normalized spacial score (nSPS) is 35.8. The van der Waals surface area contributed by atoms with Crippen LogP contribution < -0.4 is 0 Å². The highest BCUT2D eigenvalue weighted by Gasteiger charge is 2.62. The van der Waals surface area contributed by atoms with Crippen molar-refractivity contribution in [1.29, 1.82) is 0 Å². The maximum atomic E-state index is 12.4. The quantitative estimate of drug-likeness (QED) is 0.662. The minimum Gasteiger partial charge on any atom is -0.462 e. The Morgan fingerprint density at radius 3 is 2.48 bits per heavy atom. The fraction of sp³-hybridized carbons (Fsp3) is 0.588. The Balaban J connectivity index is 0.00000156. The Bertz CT molecular complexity index is 551. The lowest BCUT2D eigenvalue weighted by Crippen LogP contribution is -2.48. The van der Waals surface area contributed by atoms with Gasteiger partial charge in [0.2, 0.25) is 0 Å². The topological polar surface area (TPSA) is 62.3 Å². The van der Waals surface area contributed by atoms with Gasteiger partial charge in [-0.3, -0.25) is 9.69 Å². The number of carbonyl (C=O) groups excluding carboxylic acids is 1. The fourth-order valence-electron chi connectivity index (χ4n) is 4.04. The Morgan fingerprint density at radius 2 is 1.91 bits per heavy atom. The highest BCUT2D eigenvalue weighted by atomic mass is 35.5. The fourth-order valence-corrected chi connectivity index (χ4v) is 4.04. The van der Waals surface area contributed by atoms with Crippen LogP contribution in [0.5, 0.6) is 0 Å².